The van der Waals surface area contributed by atoms with Gasteiger partial charge in [-0.1, -0.05) is 31.5 Å². The molecule has 0 aliphatic rings. The molecule has 1 aromatic rings. The van der Waals surface area contributed by atoms with E-state index in [0.29, 0.717) is 0 Å². The van der Waals surface area contributed by atoms with Crippen LogP contribution in [0.25, 0.3) is 0 Å². The molecule has 0 saturated carbocycles. The van der Waals surface area contributed by atoms with E-state index in [0.717, 1.165) is 12.0 Å². The van der Waals surface area contributed by atoms with Gasteiger partial charge in [0, 0.05) is 6.21 Å². The number of rotatable bonds is 5. The SMILES string of the molecule is CCC(C)C=NNS(=O)(=O)c1ccc(C)cc1. The normalized spacial score (nSPS) is 13.8. The summed E-state index contributed by atoms with van der Waals surface area (Å²) in [4.78, 5) is 2.43. The summed E-state index contributed by atoms with van der Waals surface area (Å²) in [6.07, 6.45) is 2.53. The van der Waals surface area contributed by atoms with Crippen molar-refractivity contribution >= 4 is 16.2 Å². The van der Waals surface area contributed by atoms with Crippen molar-refractivity contribution in [3.8, 4) is 0 Å². The van der Waals surface area contributed by atoms with Gasteiger partial charge in [-0.15, -0.1) is 0 Å². The fraction of sp³-hybridized carbons (Fsp3) is 0.417. The molecule has 5 heteroatoms. The Kier molecular flexibility index (Phi) is 4.69. The Balaban J connectivity index is 2.76. The van der Waals surface area contributed by atoms with E-state index in [1.165, 1.54) is 0 Å². The second kappa shape index (κ2) is 5.82. The maximum atomic E-state index is 11.8. The van der Waals surface area contributed by atoms with Gasteiger partial charge in [0.15, 0.2) is 0 Å². The van der Waals surface area contributed by atoms with Crippen molar-refractivity contribution in [2.24, 2.45) is 11.0 Å². The number of benzene rings is 1. The summed E-state index contributed by atoms with van der Waals surface area (Å²) in [5, 5.41) is 3.75. The average molecular weight is 254 g/mol. The highest BCUT2D eigenvalue weighted by Gasteiger charge is 2.11. The van der Waals surface area contributed by atoms with E-state index in [2.05, 4.69) is 9.93 Å². The number of hydrazone groups is 1. The van der Waals surface area contributed by atoms with Crippen LogP contribution in [0.15, 0.2) is 34.3 Å². The van der Waals surface area contributed by atoms with Crippen LogP contribution in [0, 0.1) is 12.8 Å². The summed E-state index contributed by atoms with van der Waals surface area (Å²) in [5.41, 5.74) is 1.02. The lowest BCUT2D eigenvalue weighted by atomic mass is 10.1. The van der Waals surface area contributed by atoms with Crippen molar-refractivity contribution in [1.82, 2.24) is 4.83 Å². The van der Waals surface area contributed by atoms with E-state index < -0.39 is 10.0 Å². The molecule has 1 atom stereocenters. The molecule has 1 unspecified atom stereocenters. The van der Waals surface area contributed by atoms with Crippen molar-refractivity contribution in [2.45, 2.75) is 32.1 Å². The minimum absolute atomic E-state index is 0.226. The molecular weight excluding hydrogens is 236 g/mol. The molecule has 0 spiro atoms. The average Bonchev–Trinajstić information content (AvgIpc) is 2.29. The van der Waals surface area contributed by atoms with Gasteiger partial charge < -0.3 is 0 Å². The van der Waals surface area contributed by atoms with Crippen LogP contribution in [0.5, 0.6) is 0 Å². The minimum atomic E-state index is -3.53. The molecular formula is C12H18N2O2S. The number of aryl methyl sites for hydroxylation is 1. The Bertz CT molecular complexity index is 478. The van der Waals surface area contributed by atoms with Gasteiger partial charge in [-0.3, -0.25) is 0 Å². The predicted octanol–water partition coefficient (Wildman–Crippen LogP) is 2.31. The highest BCUT2D eigenvalue weighted by Crippen LogP contribution is 2.09. The quantitative estimate of drug-likeness (QED) is 0.647. The van der Waals surface area contributed by atoms with Gasteiger partial charge in [-0.25, -0.2) is 4.83 Å². The molecule has 17 heavy (non-hydrogen) atoms. The van der Waals surface area contributed by atoms with Gasteiger partial charge in [-0.2, -0.15) is 13.5 Å². The molecule has 0 bridgehead atoms. The van der Waals surface area contributed by atoms with Crippen molar-refractivity contribution in [3.05, 3.63) is 29.8 Å². The summed E-state index contributed by atoms with van der Waals surface area (Å²) >= 11 is 0. The van der Waals surface area contributed by atoms with Crippen molar-refractivity contribution < 1.29 is 8.42 Å². The Hall–Kier alpha value is -1.36. The van der Waals surface area contributed by atoms with Gasteiger partial charge in [0.25, 0.3) is 10.0 Å². The van der Waals surface area contributed by atoms with E-state index in [-0.39, 0.29) is 10.8 Å². The van der Waals surface area contributed by atoms with Crippen LogP contribution in [0.1, 0.15) is 25.8 Å². The second-order valence-corrected chi connectivity index (χ2v) is 5.73. The molecule has 0 radical (unpaired) electrons. The molecule has 0 aliphatic carbocycles. The summed E-state index contributed by atoms with van der Waals surface area (Å²) in [7, 11) is -3.53. The van der Waals surface area contributed by atoms with Gasteiger partial charge in [0.1, 0.15) is 0 Å². The predicted molar refractivity (Wildman–Crippen MR) is 69.4 cm³/mol. The lowest BCUT2D eigenvalue weighted by Crippen LogP contribution is -2.18. The van der Waals surface area contributed by atoms with Crippen LogP contribution >= 0.6 is 0 Å². The first-order chi connectivity index (χ1) is 7.95. The van der Waals surface area contributed by atoms with E-state index >= 15 is 0 Å². The standard InChI is InChI=1S/C12H18N2O2S/c1-4-10(2)9-13-14-17(15,16)12-7-5-11(3)6-8-12/h5-10,14H,4H2,1-3H3. The molecule has 94 valence electrons. The Morgan fingerprint density at radius 1 is 1.35 bits per heavy atom. The molecule has 0 amide bonds. The van der Waals surface area contributed by atoms with Crippen LogP contribution in [-0.4, -0.2) is 14.6 Å². The Morgan fingerprint density at radius 2 is 1.94 bits per heavy atom. The first-order valence-electron chi connectivity index (χ1n) is 5.57. The lowest BCUT2D eigenvalue weighted by Gasteiger charge is -2.04. The summed E-state index contributed by atoms with van der Waals surface area (Å²) < 4.78 is 23.6. The molecule has 0 aromatic heterocycles. The zero-order chi connectivity index (χ0) is 12.9. The van der Waals surface area contributed by atoms with Crippen molar-refractivity contribution in [2.75, 3.05) is 0 Å². The number of hydrogen-bond acceptors (Lipinski definition) is 3. The molecule has 1 rings (SSSR count). The third kappa shape index (κ3) is 4.19. The van der Waals surface area contributed by atoms with Crippen LogP contribution < -0.4 is 4.83 Å². The molecule has 0 fully saturated rings. The maximum Gasteiger partial charge on any atom is 0.276 e. The highest BCUT2D eigenvalue weighted by atomic mass is 32.2. The van der Waals surface area contributed by atoms with Crippen LogP contribution in [-0.2, 0) is 10.0 Å². The molecule has 1 aromatic carbocycles. The van der Waals surface area contributed by atoms with Crippen molar-refractivity contribution in [3.63, 3.8) is 0 Å². The summed E-state index contributed by atoms with van der Waals surface area (Å²) in [5.74, 6) is 0.260. The number of nitrogens with one attached hydrogen (secondary N) is 1. The monoisotopic (exact) mass is 254 g/mol. The van der Waals surface area contributed by atoms with Gasteiger partial charge in [-0.05, 0) is 31.4 Å². The third-order valence-electron chi connectivity index (χ3n) is 2.48. The molecule has 1 N–H and O–H groups in total. The number of nitrogens with zero attached hydrogens (tertiary/aromatic N) is 1. The number of sulfonamides is 1. The van der Waals surface area contributed by atoms with Crippen LogP contribution in [0.4, 0.5) is 0 Å². The molecule has 4 nitrogen and oxygen atoms in total. The molecule has 0 aliphatic heterocycles. The van der Waals surface area contributed by atoms with Gasteiger partial charge in [0.2, 0.25) is 0 Å². The fourth-order valence-corrected chi connectivity index (χ4v) is 1.90. The largest absolute Gasteiger partial charge is 0.276 e. The van der Waals surface area contributed by atoms with Gasteiger partial charge in [0.05, 0.1) is 4.90 Å². The van der Waals surface area contributed by atoms with Crippen molar-refractivity contribution in [1.29, 1.82) is 0 Å². The maximum absolute atomic E-state index is 11.8. The lowest BCUT2D eigenvalue weighted by molar-refractivity contribution is 0.584. The Morgan fingerprint density at radius 3 is 2.47 bits per heavy atom. The van der Waals surface area contributed by atoms with E-state index in [1.54, 1.807) is 30.5 Å². The first-order valence-corrected chi connectivity index (χ1v) is 7.05. The van der Waals surface area contributed by atoms with Crippen LogP contribution in [0.3, 0.4) is 0 Å². The second-order valence-electron chi connectivity index (χ2n) is 4.07. The highest BCUT2D eigenvalue weighted by molar-refractivity contribution is 7.89. The van der Waals surface area contributed by atoms with E-state index in [1.807, 2.05) is 20.8 Å². The number of hydrogen-bond donors (Lipinski definition) is 1. The summed E-state index contributed by atoms with van der Waals surface area (Å²) in [6.45, 7) is 5.90. The molecule has 0 saturated heterocycles. The van der Waals surface area contributed by atoms with E-state index in [9.17, 15) is 8.42 Å². The minimum Gasteiger partial charge on any atom is -0.200 e. The van der Waals surface area contributed by atoms with E-state index in [4.69, 9.17) is 0 Å². The topological polar surface area (TPSA) is 58.5 Å². The first kappa shape index (κ1) is 13.7. The zero-order valence-corrected chi connectivity index (χ0v) is 11.2. The van der Waals surface area contributed by atoms with Gasteiger partial charge >= 0.3 is 0 Å². The smallest absolute Gasteiger partial charge is 0.200 e. The zero-order valence-electron chi connectivity index (χ0n) is 10.3. The fourth-order valence-electron chi connectivity index (χ4n) is 1.10. The van der Waals surface area contributed by atoms with Crippen LogP contribution in [0.2, 0.25) is 0 Å². The summed E-state index contributed by atoms with van der Waals surface area (Å²) in [6, 6.07) is 6.65. The third-order valence-corrected chi connectivity index (χ3v) is 3.72. The molecule has 0 heterocycles. The Labute approximate surface area is 103 Å².